The molecule has 0 bridgehead atoms. The van der Waals surface area contributed by atoms with E-state index < -0.39 is 29.9 Å². The molecule has 204 valence electrons. The zero-order valence-electron chi connectivity index (χ0n) is 21.4. The molecule has 2 aliphatic rings. The lowest BCUT2D eigenvalue weighted by Crippen LogP contribution is -2.52. The van der Waals surface area contributed by atoms with E-state index in [1.165, 1.54) is 43.9 Å². The summed E-state index contributed by atoms with van der Waals surface area (Å²) in [6.45, 7) is 3.19. The Morgan fingerprint density at radius 2 is 1.57 bits per heavy atom. The Morgan fingerprint density at radius 1 is 0.946 bits per heavy atom. The van der Waals surface area contributed by atoms with E-state index in [1.807, 2.05) is 6.92 Å². The van der Waals surface area contributed by atoms with Crippen LogP contribution in [0.25, 0.3) is 0 Å². The standard InChI is InChI=1S/C27H37Cl2N3O5/c1-2-3-6-22(26(36)37)30-23(33)8-7-21(31-24(34)18-15-19(28)17-20(29)16-18)25(35)32-13-11-27(12-14-32)9-4-5-10-27/h15-17,21-22H,2-14H2,1H3,(H,30,33)(H,31,34)(H,36,37). The fourth-order valence-corrected chi connectivity index (χ4v) is 5.96. The highest BCUT2D eigenvalue weighted by molar-refractivity contribution is 6.35. The molecule has 1 heterocycles. The van der Waals surface area contributed by atoms with E-state index in [4.69, 9.17) is 23.2 Å². The van der Waals surface area contributed by atoms with E-state index in [9.17, 15) is 24.3 Å². The highest BCUT2D eigenvalue weighted by Crippen LogP contribution is 2.46. The SMILES string of the molecule is CCCCC(NC(=O)CCC(NC(=O)c1cc(Cl)cc(Cl)c1)C(=O)N1CCC2(CCCC2)CC1)C(=O)O. The Bertz CT molecular complexity index is 966. The lowest BCUT2D eigenvalue weighted by molar-refractivity contribution is -0.142. The smallest absolute Gasteiger partial charge is 0.326 e. The lowest BCUT2D eigenvalue weighted by Gasteiger charge is -2.40. The monoisotopic (exact) mass is 553 g/mol. The number of rotatable bonds is 11. The average Bonchev–Trinajstić information content (AvgIpc) is 3.31. The topological polar surface area (TPSA) is 116 Å². The molecule has 1 aliphatic carbocycles. The first-order chi connectivity index (χ1) is 17.6. The molecule has 1 aromatic carbocycles. The predicted molar refractivity (Wildman–Crippen MR) is 143 cm³/mol. The van der Waals surface area contributed by atoms with Crippen molar-refractivity contribution >= 4 is 46.9 Å². The number of halogens is 2. The fourth-order valence-electron chi connectivity index (χ4n) is 5.44. The molecule has 1 saturated heterocycles. The second-order valence-corrected chi connectivity index (χ2v) is 11.2. The first kappa shape index (κ1) is 29.2. The minimum absolute atomic E-state index is 0.0481. The molecular formula is C27H37Cl2N3O5. The number of piperidine rings is 1. The molecule has 1 saturated carbocycles. The molecule has 10 heteroatoms. The Labute approximate surface area is 228 Å². The van der Waals surface area contributed by atoms with Crippen LogP contribution in [-0.2, 0) is 14.4 Å². The third-order valence-corrected chi connectivity index (χ3v) is 8.10. The van der Waals surface area contributed by atoms with E-state index in [2.05, 4.69) is 10.6 Å². The number of benzene rings is 1. The van der Waals surface area contributed by atoms with Gasteiger partial charge in [-0.25, -0.2) is 4.79 Å². The van der Waals surface area contributed by atoms with Crippen LogP contribution in [0, 0.1) is 5.41 Å². The summed E-state index contributed by atoms with van der Waals surface area (Å²) in [6, 6.07) is 2.53. The molecule has 2 atom stereocenters. The van der Waals surface area contributed by atoms with Gasteiger partial charge in [0.15, 0.2) is 0 Å². The number of carboxylic acids is 1. The largest absolute Gasteiger partial charge is 0.480 e. The van der Waals surface area contributed by atoms with Crippen molar-refractivity contribution in [3.8, 4) is 0 Å². The summed E-state index contributed by atoms with van der Waals surface area (Å²) < 4.78 is 0. The second-order valence-electron chi connectivity index (χ2n) is 10.4. The molecule has 2 unspecified atom stereocenters. The van der Waals surface area contributed by atoms with Crippen LogP contribution in [0.1, 0.15) is 87.9 Å². The fraction of sp³-hybridized carbons (Fsp3) is 0.630. The number of amides is 3. The van der Waals surface area contributed by atoms with Crippen LogP contribution in [0.3, 0.4) is 0 Å². The molecule has 1 spiro atoms. The molecule has 3 rings (SSSR count). The number of nitrogens with zero attached hydrogens (tertiary/aromatic N) is 1. The lowest BCUT2D eigenvalue weighted by atomic mass is 9.77. The van der Waals surface area contributed by atoms with Gasteiger partial charge in [0, 0.05) is 35.1 Å². The number of hydrogen-bond acceptors (Lipinski definition) is 4. The predicted octanol–water partition coefficient (Wildman–Crippen LogP) is 4.81. The van der Waals surface area contributed by atoms with E-state index in [1.54, 1.807) is 4.90 Å². The third kappa shape index (κ3) is 8.34. The van der Waals surface area contributed by atoms with Gasteiger partial charge in [-0.1, -0.05) is 55.8 Å². The molecule has 3 N–H and O–H groups in total. The number of carbonyl (C=O) groups excluding carboxylic acids is 3. The molecule has 1 aromatic rings. The highest BCUT2D eigenvalue weighted by atomic mass is 35.5. The maximum Gasteiger partial charge on any atom is 0.326 e. The summed E-state index contributed by atoms with van der Waals surface area (Å²) in [5.41, 5.74) is 0.547. The molecule has 1 aliphatic heterocycles. The molecule has 37 heavy (non-hydrogen) atoms. The van der Waals surface area contributed by atoms with Gasteiger partial charge in [-0.2, -0.15) is 0 Å². The summed E-state index contributed by atoms with van der Waals surface area (Å²) in [5, 5.41) is 15.3. The Morgan fingerprint density at radius 3 is 2.14 bits per heavy atom. The zero-order chi connectivity index (χ0) is 27.0. The molecule has 0 radical (unpaired) electrons. The van der Waals surface area contributed by atoms with Crippen LogP contribution in [0.4, 0.5) is 0 Å². The van der Waals surface area contributed by atoms with Gasteiger partial charge in [-0.05, 0) is 62.1 Å². The van der Waals surface area contributed by atoms with Crippen LogP contribution >= 0.6 is 23.2 Å². The van der Waals surface area contributed by atoms with Crippen molar-refractivity contribution in [3.05, 3.63) is 33.8 Å². The van der Waals surface area contributed by atoms with Gasteiger partial charge in [-0.15, -0.1) is 0 Å². The number of nitrogens with one attached hydrogen (secondary N) is 2. The summed E-state index contributed by atoms with van der Waals surface area (Å²) >= 11 is 12.1. The normalized spacial score (nSPS) is 18.3. The quantitative estimate of drug-likeness (QED) is 0.363. The summed E-state index contributed by atoms with van der Waals surface area (Å²) in [7, 11) is 0. The number of carbonyl (C=O) groups is 4. The van der Waals surface area contributed by atoms with E-state index in [-0.39, 0.29) is 24.3 Å². The van der Waals surface area contributed by atoms with Gasteiger partial charge in [0.05, 0.1) is 0 Å². The Balaban J connectivity index is 1.68. The van der Waals surface area contributed by atoms with Crippen LogP contribution in [-0.4, -0.2) is 58.9 Å². The summed E-state index contributed by atoms with van der Waals surface area (Å²) in [4.78, 5) is 52.4. The van der Waals surface area contributed by atoms with Crippen LogP contribution in [0.15, 0.2) is 18.2 Å². The molecule has 8 nitrogen and oxygen atoms in total. The van der Waals surface area contributed by atoms with Crippen LogP contribution in [0.5, 0.6) is 0 Å². The zero-order valence-corrected chi connectivity index (χ0v) is 22.9. The molecule has 0 aromatic heterocycles. The van der Waals surface area contributed by atoms with Crippen molar-refractivity contribution < 1.29 is 24.3 Å². The average molecular weight is 555 g/mol. The Kier molecular flexibility index (Phi) is 10.6. The molecule has 3 amide bonds. The maximum absolute atomic E-state index is 13.5. The van der Waals surface area contributed by atoms with Crippen molar-refractivity contribution in [2.75, 3.05) is 13.1 Å². The van der Waals surface area contributed by atoms with Crippen LogP contribution in [0.2, 0.25) is 10.0 Å². The van der Waals surface area contributed by atoms with Crippen molar-refractivity contribution in [1.82, 2.24) is 15.5 Å². The summed E-state index contributed by atoms with van der Waals surface area (Å²) in [5.74, 6) is -2.30. The Hall–Kier alpha value is -2.32. The molecule has 2 fully saturated rings. The number of likely N-dealkylation sites (tertiary alicyclic amines) is 1. The van der Waals surface area contributed by atoms with Gasteiger partial charge in [-0.3, -0.25) is 14.4 Å². The summed E-state index contributed by atoms with van der Waals surface area (Å²) in [6.07, 6.45) is 8.54. The number of unbranched alkanes of at least 4 members (excludes halogenated alkanes) is 1. The minimum atomic E-state index is -1.09. The van der Waals surface area contributed by atoms with Crippen molar-refractivity contribution in [1.29, 1.82) is 0 Å². The third-order valence-electron chi connectivity index (χ3n) is 7.67. The van der Waals surface area contributed by atoms with E-state index in [0.717, 1.165) is 19.3 Å². The molecular weight excluding hydrogens is 517 g/mol. The van der Waals surface area contributed by atoms with Crippen LogP contribution < -0.4 is 10.6 Å². The van der Waals surface area contributed by atoms with E-state index in [0.29, 0.717) is 41.4 Å². The van der Waals surface area contributed by atoms with Gasteiger partial charge in [0.2, 0.25) is 11.8 Å². The van der Waals surface area contributed by atoms with E-state index >= 15 is 0 Å². The van der Waals surface area contributed by atoms with Crippen molar-refractivity contribution in [2.24, 2.45) is 5.41 Å². The number of hydrogen-bond donors (Lipinski definition) is 3. The maximum atomic E-state index is 13.5. The van der Waals surface area contributed by atoms with Gasteiger partial charge in [0.25, 0.3) is 5.91 Å². The number of aliphatic carboxylic acids is 1. The first-order valence-corrected chi connectivity index (χ1v) is 14.0. The van der Waals surface area contributed by atoms with Crippen molar-refractivity contribution in [2.45, 2.75) is 89.6 Å². The van der Waals surface area contributed by atoms with Crippen molar-refractivity contribution in [3.63, 3.8) is 0 Å². The minimum Gasteiger partial charge on any atom is -0.480 e. The van der Waals surface area contributed by atoms with Gasteiger partial charge in [0.1, 0.15) is 12.1 Å². The first-order valence-electron chi connectivity index (χ1n) is 13.2. The van der Waals surface area contributed by atoms with Gasteiger partial charge >= 0.3 is 5.97 Å². The van der Waals surface area contributed by atoms with Gasteiger partial charge < -0.3 is 20.6 Å². The number of carboxylic acid groups (broad SMARTS) is 1. The highest BCUT2D eigenvalue weighted by Gasteiger charge is 2.39. The second kappa shape index (κ2) is 13.5.